The van der Waals surface area contributed by atoms with Crippen LogP contribution in [0.1, 0.15) is 57.7 Å². The molecule has 9 heteroatoms. The summed E-state index contributed by atoms with van der Waals surface area (Å²) in [6, 6.07) is 5.82. The minimum Gasteiger partial charge on any atom is -0.494 e. The molecule has 1 N–H and O–H groups in total. The third-order valence-corrected chi connectivity index (χ3v) is 7.83. The number of piperazine rings is 1. The number of unbranched alkanes of at least 4 members (excludes halogenated alkanes) is 1. The van der Waals surface area contributed by atoms with Gasteiger partial charge >= 0.3 is 6.01 Å². The maximum atomic E-state index is 15.1. The van der Waals surface area contributed by atoms with E-state index in [1.165, 1.54) is 13.5 Å². The third-order valence-electron chi connectivity index (χ3n) is 7.83. The van der Waals surface area contributed by atoms with Gasteiger partial charge in [0.2, 0.25) is 0 Å². The second kappa shape index (κ2) is 13.1. The van der Waals surface area contributed by atoms with Crippen molar-refractivity contribution in [3.63, 3.8) is 0 Å². The van der Waals surface area contributed by atoms with E-state index < -0.39 is 0 Å². The lowest BCUT2D eigenvalue weighted by molar-refractivity contribution is 0.230. The number of rotatable bonds is 11. The molecule has 4 rings (SSSR count). The standard InChI is InChI=1S/C30H43FN6O2/c1-6-9-11-21(4)20-39-30-33-24-19-35(25-12-10-13-26(38-5)28(25)31)15-14-23(24)29(34-30)36-16-17-37(27(32)8-3)22(7-2)18-36/h8,10,12-13,21-22,32H,3,6-7,9,11,14-20H2,1-2,4-5H3/t21-,22?/m0/s1. The Bertz CT molecular complexity index is 1160. The molecule has 0 aliphatic carbocycles. The highest BCUT2D eigenvalue weighted by Gasteiger charge is 2.32. The fraction of sp³-hybridized carbons (Fsp3) is 0.567. The monoisotopic (exact) mass is 538 g/mol. The van der Waals surface area contributed by atoms with E-state index in [1.807, 2.05) is 11.0 Å². The lowest BCUT2D eigenvalue weighted by Crippen LogP contribution is -2.55. The predicted molar refractivity (Wildman–Crippen MR) is 155 cm³/mol. The summed E-state index contributed by atoms with van der Waals surface area (Å²) in [5, 5.41) is 8.31. The third kappa shape index (κ3) is 6.45. The average molecular weight is 539 g/mol. The van der Waals surface area contributed by atoms with E-state index in [1.54, 1.807) is 18.2 Å². The Morgan fingerprint density at radius 2 is 2.05 bits per heavy atom. The highest BCUT2D eigenvalue weighted by molar-refractivity contribution is 5.90. The van der Waals surface area contributed by atoms with Gasteiger partial charge in [-0.1, -0.05) is 46.3 Å². The van der Waals surface area contributed by atoms with Crippen LogP contribution >= 0.6 is 0 Å². The lowest BCUT2D eigenvalue weighted by atomic mass is 10.0. The molecular formula is C30H43FN6O2. The van der Waals surface area contributed by atoms with Crippen molar-refractivity contribution in [3.8, 4) is 11.8 Å². The van der Waals surface area contributed by atoms with E-state index in [0.717, 1.165) is 56.0 Å². The number of nitrogens with one attached hydrogen (secondary N) is 1. The van der Waals surface area contributed by atoms with Gasteiger partial charge in [0.15, 0.2) is 11.6 Å². The molecule has 2 aromatic rings. The molecule has 2 atom stereocenters. The molecule has 1 aromatic heterocycles. The van der Waals surface area contributed by atoms with Crippen LogP contribution in [-0.4, -0.2) is 66.6 Å². The molecule has 1 aromatic carbocycles. The van der Waals surface area contributed by atoms with Gasteiger partial charge in [-0.05, 0) is 43.4 Å². The number of hydrogen-bond acceptors (Lipinski definition) is 7. The smallest absolute Gasteiger partial charge is 0.318 e. The Labute approximate surface area is 232 Å². The van der Waals surface area contributed by atoms with Crippen molar-refractivity contribution in [3.05, 3.63) is 47.9 Å². The number of halogens is 1. The Morgan fingerprint density at radius 1 is 1.23 bits per heavy atom. The van der Waals surface area contributed by atoms with Crippen LogP contribution in [-0.2, 0) is 13.0 Å². The van der Waals surface area contributed by atoms with Crippen LogP contribution in [0.5, 0.6) is 11.8 Å². The number of hydrogen-bond donors (Lipinski definition) is 1. The van der Waals surface area contributed by atoms with Gasteiger partial charge < -0.3 is 24.2 Å². The van der Waals surface area contributed by atoms with Crippen LogP contribution in [0, 0.1) is 17.1 Å². The molecule has 212 valence electrons. The molecule has 0 saturated carbocycles. The van der Waals surface area contributed by atoms with Crippen LogP contribution in [0.3, 0.4) is 0 Å². The summed E-state index contributed by atoms with van der Waals surface area (Å²) in [6.07, 6.45) is 6.67. The number of aromatic nitrogens is 2. The first-order chi connectivity index (χ1) is 18.9. The van der Waals surface area contributed by atoms with Crippen molar-refractivity contribution >= 4 is 17.3 Å². The minimum absolute atomic E-state index is 0.194. The number of anilines is 2. The number of fused-ring (bicyclic) bond motifs is 1. The summed E-state index contributed by atoms with van der Waals surface area (Å²) in [5.74, 6) is 1.66. The van der Waals surface area contributed by atoms with Crippen LogP contribution in [0.25, 0.3) is 0 Å². The van der Waals surface area contributed by atoms with E-state index in [4.69, 9.17) is 24.9 Å². The van der Waals surface area contributed by atoms with Crippen molar-refractivity contribution in [2.45, 2.75) is 65.5 Å². The van der Waals surface area contributed by atoms with E-state index in [9.17, 15) is 0 Å². The van der Waals surface area contributed by atoms with Gasteiger partial charge in [-0.15, -0.1) is 0 Å². The first kappa shape index (κ1) is 28.6. The Morgan fingerprint density at radius 3 is 2.77 bits per heavy atom. The zero-order valence-electron chi connectivity index (χ0n) is 23.9. The average Bonchev–Trinajstić information content (AvgIpc) is 2.97. The van der Waals surface area contributed by atoms with Gasteiger partial charge in [-0.25, -0.2) is 4.39 Å². The van der Waals surface area contributed by atoms with E-state index in [2.05, 4.69) is 37.1 Å². The van der Waals surface area contributed by atoms with E-state index in [-0.39, 0.29) is 17.6 Å². The van der Waals surface area contributed by atoms with Crippen molar-refractivity contribution in [2.24, 2.45) is 5.92 Å². The number of methoxy groups -OCH3 is 1. The van der Waals surface area contributed by atoms with Crippen molar-refractivity contribution < 1.29 is 13.9 Å². The minimum atomic E-state index is -0.356. The molecule has 1 saturated heterocycles. The quantitative estimate of drug-likeness (QED) is 0.301. The predicted octanol–water partition coefficient (Wildman–Crippen LogP) is 5.46. The maximum absolute atomic E-state index is 15.1. The number of nitrogens with zero attached hydrogens (tertiary/aromatic N) is 5. The largest absolute Gasteiger partial charge is 0.494 e. The summed E-state index contributed by atoms with van der Waals surface area (Å²) in [4.78, 5) is 16.3. The van der Waals surface area contributed by atoms with Gasteiger partial charge in [-0.2, -0.15) is 9.97 Å². The maximum Gasteiger partial charge on any atom is 0.318 e. The van der Waals surface area contributed by atoms with Gasteiger partial charge in [-0.3, -0.25) is 5.41 Å². The number of ether oxygens (including phenoxy) is 2. The van der Waals surface area contributed by atoms with Crippen molar-refractivity contribution in [2.75, 3.05) is 49.7 Å². The molecule has 1 unspecified atom stereocenters. The normalized spacial score (nSPS) is 18.0. The zero-order valence-corrected chi connectivity index (χ0v) is 23.9. The summed E-state index contributed by atoms with van der Waals surface area (Å²) >= 11 is 0. The Kier molecular flexibility index (Phi) is 9.64. The molecule has 0 amide bonds. The molecule has 0 radical (unpaired) electrons. The summed E-state index contributed by atoms with van der Waals surface area (Å²) in [6.45, 7) is 14.3. The molecule has 2 aliphatic heterocycles. The van der Waals surface area contributed by atoms with Gasteiger partial charge in [0.1, 0.15) is 11.7 Å². The molecule has 8 nitrogen and oxygen atoms in total. The number of benzene rings is 1. The highest BCUT2D eigenvalue weighted by Crippen LogP contribution is 2.35. The second-order valence-corrected chi connectivity index (χ2v) is 10.6. The molecular weight excluding hydrogens is 495 g/mol. The topological polar surface area (TPSA) is 77.8 Å². The van der Waals surface area contributed by atoms with Gasteiger partial charge in [0, 0.05) is 37.8 Å². The molecule has 3 heterocycles. The van der Waals surface area contributed by atoms with Crippen LogP contribution in [0.2, 0.25) is 0 Å². The Balaban J connectivity index is 1.64. The first-order valence-electron chi connectivity index (χ1n) is 14.2. The summed E-state index contributed by atoms with van der Waals surface area (Å²) in [5.41, 5.74) is 2.49. The lowest BCUT2D eigenvalue weighted by Gasteiger charge is -2.43. The fourth-order valence-corrected chi connectivity index (χ4v) is 5.51. The van der Waals surface area contributed by atoms with Gasteiger partial charge in [0.05, 0.1) is 31.6 Å². The molecule has 1 fully saturated rings. The van der Waals surface area contributed by atoms with Crippen LogP contribution < -0.4 is 19.3 Å². The first-order valence-corrected chi connectivity index (χ1v) is 14.2. The SMILES string of the molecule is C=CC(=N)N1CCN(c2nc(OC[C@@H](C)CCCC)nc3c2CCN(c2cccc(OC)c2F)C3)CC1CC. The van der Waals surface area contributed by atoms with Crippen molar-refractivity contribution in [1.29, 1.82) is 5.41 Å². The summed E-state index contributed by atoms with van der Waals surface area (Å²) in [7, 11) is 1.48. The molecule has 2 aliphatic rings. The van der Waals surface area contributed by atoms with Crippen molar-refractivity contribution in [1.82, 2.24) is 14.9 Å². The van der Waals surface area contributed by atoms with E-state index >= 15 is 4.39 Å². The highest BCUT2D eigenvalue weighted by atomic mass is 19.1. The van der Waals surface area contributed by atoms with Crippen LogP contribution in [0.4, 0.5) is 15.9 Å². The van der Waals surface area contributed by atoms with E-state index in [0.29, 0.717) is 49.6 Å². The summed E-state index contributed by atoms with van der Waals surface area (Å²) < 4.78 is 26.5. The molecule has 39 heavy (non-hydrogen) atoms. The van der Waals surface area contributed by atoms with Gasteiger partial charge in [0.25, 0.3) is 0 Å². The fourth-order valence-electron chi connectivity index (χ4n) is 5.51. The molecule has 0 spiro atoms. The zero-order chi connectivity index (χ0) is 27.9. The Hall–Kier alpha value is -3.36. The van der Waals surface area contributed by atoms with Crippen LogP contribution in [0.15, 0.2) is 30.9 Å². The second-order valence-electron chi connectivity index (χ2n) is 10.6. The number of amidine groups is 1. The molecule has 0 bridgehead atoms.